The van der Waals surface area contributed by atoms with Crippen LogP contribution in [0.25, 0.3) is 0 Å². The third-order valence-corrected chi connectivity index (χ3v) is 4.31. The van der Waals surface area contributed by atoms with Crippen molar-refractivity contribution >= 4 is 28.2 Å². The molecule has 0 spiro atoms. The van der Waals surface area contributed by atoms with Gasteiger partial charge in [-0.25, -0.2) is 0 Å². The smallest absolute Gasteiger partial charge is 0.387 e. The van der Waals surface area contributed by atoms with E-state index in [-0.39, 0.29) is 23.6 Å². The summed E-state index contributed by atoms with van der Waals surface area (Å²) in [6.07, 6.45) is 0.208. The first kappa shape index (κ1) is 19.8. The molecule has 3 N–H and O–H groups in total. The third-order valence-electron chi connectivity index (χ3n) is 3.48. The van der Waals surface area contributed by atoms with E-state index in [9.17, 15) is 18.4 Å². The first-order valence-corrected chi connectivity index (χ1v) is 8.62. The van der Waals surface area contributed by atoms with E-state index >= 15 is 0 Å². The molecular formula is C17H19F2N3O3S. The lowest BCUT2D eigenvalue weighted by molar-refractivity contribution is -0.116. The number of amides is 2. The van der Waals surface area contributed by atoms with E-state index in [2.05, 4.69) is 10.1 Å². The average Bonchev–Trinajstić information content (AvgIpc) is 3.01. The highest BCUT2D eigenvalue weighted by molar-refractivity contribution is 7.14. The lowest BCUT2D eigenvalue weighted by Crippen LogP contribution is -2.24. The first-order valence-electron chi connectivity index (χ1n) is 7.74. The molecule has 1 aromatic carbocycles. The van der Waals surface area contributed by atoms with Crippen molar-refractivity contribution in [2.45, 2.75) is 19.6 Å². The number of nitrogens with one attached hydrogen (secondary N) is 1. The Morgan fingerprint density at radius 2 is 2.12 bits per heavy atom. The Balaban J connectivity index is 1.83. The molecule has 2 amide bonds. The van der Waals surface area contributed by atoms with Crippen LogP contribution in [0.2, 0.25) is 0 Å². The van der Waals surface area contributed by atoms with E-state index in [4.69, 9.17) is 5.73 Å². The second-order valence-electron chi connectivity index (χ2n) is 5.59. The van der Waals surface area contributed by atoms with Crippen LogP contribution in [-0.2, 0) is 11.3 Å². The molecule has 2 rings (SSSR count). The van der Waals surface area contributed by atoms with Crippen molar-refractivity contribution in [2.75, 3.05) is 18.9 Å². The summed E-state index contributed by atoms with van der Waals surface area (Å²) in [6.45, 7) is -1.95. The van der Waals surface area contributed by atoms with Crippen LogP contribution in [0.15, 0.2) is 35.7 Å². The Bertz CT molecular complexity index is 767. The molecule has 6 nitrogen and oxygen atoms in total. The fraction of sp³-hybridized carbons (Fsp3) is 0.294. The molecule has 26 heavy (non-hydrogen) atoms. The summed E-state index contributed by atoms with van der Waals surface area (Å²) in [7, 11) is 1.81. The Morgan fingerprint density at radius 3 is 2.81 bits per heavy atom. The largest absolute Gasteiger partial charge is 0.435 e. The molecule has 0 atom stereocenters. The number of hydrogen-bond donors (Lipinski definition) is 2. The maximum Gasteiger partial charge on any atom is 0.387 e. The number of carbonyl (C=O) groups excluding carboxylic acids is 2. The summed E-state index contributed by atoms with van der Waals surface area (Å²) in [5, 5.41) is 4.78. The standard InChI is InChI=1S/C17H19F2N3O3S/c1-22(10-11-3-2-4-12(9-11)25-17(18)19)7-5-14(23)21-16-13(15(20)24)6-8-26-16/h2-4,6,8-9,17H,5,7,10H2,1H3,(H2,20,24)(H,21,23). The minimum absolute atomic E-state index is 0.0975. The molecule has 2 aromatic rings. The third kappa shape index (κ3) is 6.08. The second-order valence-corrected chi connectivity index (χ2v) is 6.51. The molecule has 0 saturated carbocycles. The molecule has 140 valence electrons. The minimum Gasteiger partial charge on any atom is -0.435 e. The van der Waals surface area contributed by atoms with Gasteiger partial charge < -0.3 is 20.7 Å². The fourth-order valence-corrected chi connectivity index (χ4v) is 3.10. The van der Waals surface area contributed by atoms with E-state index in [0.717, 1.165) is 5.56 Å². The van der Waals surface area contributed by atoms with Gasteiger partial charge >= 0.3 is 6.61 Å². The molecule has 0 fully saturated rings. The lowest BCUT2D eigenvalue weighted by atomic mass is 10.2. The van der Waals surface area contributed by atoms with Crippen molar-refractivity contribution in [3.8, 4) is 5.75 Å². The van der Waals surface area contributed by atoms with Crippen LogP contribution in [0.3, 0.4) is 0 Å². The number of nitrogens with two attached hydrogens (primary N) is 1. The summed E-state index contributed by atoms with van der Waals surface area (Å²) >= 11 is 1.23. The number of thiophene rings is 1. The minimum atomic E-state index is -2.87. The van der Waals surface area contributed by atoms with Crippen molar-refractivity contribution in [3.05, 3.63) is 46.8 Å². The topological polar surface area (TPSA) is 84.7 Å². The summed E-state index contributed by atoms with van der Waals surface area (Å²) in [4.78, 5) is 25.2. The molecule has 9 heteroatoms. The van der Waals surface area contributed by atoms with Gasteiger partial charge in [0.25, 0.3) is 5.91 Å². The van der Waals surface area contributed by atoms with Gasteiger partial charge in [0.15, 0.2) is 0 Å². The molecule has 0 aliphatic carbocycles. The van der Waals surface area contributed by atoms with Crippen LogP contribution in [0, 0.1) is 0 Å². The highest BCUT2D eigenvalue weighted by Crippen LogP contribution is 2.23. The normalized spacial score (nSPS) is 11.0. The SMILES string of the molecule is CN(CCC(=O)Nc1sccc1C(N)=O)Cc1cccc(OC(F)F)c1. The first-order chi connectivity index (χ1) is 12.3. The zero-order chi connectivity index (χ0) is 19.1. The Kier molecular flexibility index (Phi) is 7.05. The van der Waals surface area contributed by atoms with E-state index in [1.54, 1.807) is 23.6 Å². The maximum absolute atomic E-state index is 12.3. The van der Waals surface area contributed by atoms with Crippen molar-refractivity contribution < 1.29 is 23.1 Å². The van der Waals surface area contributed by atoms with Crippen LogP contribution in [0.1, 0.15) is 22.3 Å². The number of benzene rings is 1. The molecule has 0 radical (unpaired) electrons. The molecule has 0 aliphatic heterocycles. The van der Waals surface area contributed by atoms with Gasteiger partial charge in [-0.05, 0) is 36.2 Å². The Morgan fingerprint density at radius 1 is 1.35 bits per heavy atom. The van der Waals surface area contributed by atoms with Gasteiger partial charge in [0, 0.05) is 19.5 Å². The second kappa shape index (κ2) is 9.25. The van der Waals surface area contributed by atoms with Crippen LogP contribution < -0.4 is 15.8 Å². The van der Waals surface area contributed by atoms with E-state index in [1.165, 1.54) is 23.5 Å². The van der Waals surface area contributed by atoms with E-state index in [1.807, 2.05) is 11.9 Å². The Hall–Kier alpha value is -2.52. The molecule has 0 unspecified atom stereocenters. The average molecular weight is 383 g/mol. The van der Waals surface area contributed by atoms with Gasteiger partial charge in [-0.1, -0.05) is 12.1 Å². The molecule has 0 saturated heterocycles. The van der Waals surface area contributed by atoms with E-state index < -0.39 is 12.5 Å². The number of ether oxygens (including phenoxy) is 1. The quantitative estimate of drug-likeness (QED) is 0.697. The van der Waals surface area contributed by atoms with Gasteiger partial charge in [-0.15, -0.1) is 11.3 Å². The number of anilines is 1. The van der Waals surface area contributed by atoms with Gasteiger partial charge in [-0.2, -0.15) is 8.78 Å². The van der Waals surface area contributed by atoms with Crippen molar-refractivity contribution in [1.82, 2.24) is 4.90 Å². The number of carbonyl (C=O) groups is 2. The van der Waals surface area contributed by atoms with Crippen LogP contribution in [-0.4, -0.2) is 36.9 Å². The predicted octanol–water partition coefficient (Wildman–Crippen LogP) is 2.91. The Labute approximate surface area is 153 Å². The molecule has 0 aliphatic rings. The molecule has 1 aromatic heterocycles. The van der Waals surface area contributed by atoms with Gasteiger partial charge in [0.1, 0.15) is 10.8 Å². The number of primary amides is 1. The highest BCUT2D eigenvalue weighted by Gasteiger charge is 2.13. The number of nitrogens with zero attached hydrogens (tertiary/aromatic N) is 1. The maximum atomic E-state index is 12.3. The van der Waals surface area contributed by atoms with Crippen LogP contribution in [0.4, 0.5) is 13.8 Å². The fourth-order valence-electron chi connectivity index (χ4n) is 2.29. The number of hydrogen-bond acceptors (Lipinski definition) is 5. The number of halogens is 2. The van der Waals surface area contributed by atoms with Gasteiger partial charge in [0.05, 0.1) is 5.56 Å². The summed E-state index contributed by atoms with van der Waals surface area (Å²) in [5.41, 5.74) is 6.31. The summed E-state index contributed by atoms with van der Waals surface area (Å²) in [5.74, 6) is -0.735. The van der Waals surface area contributed by atoms with E-state index in [0.29, 0.717) is 18.1 Å². The van der Waals surface area contributed by atoms with Gasteiger partial charge in [0.2, 0.25) is 5.91 Å². The molecular weight excluding hydrogens is 364 g/mol. The zero-order valence-corrected chi connectivity index (χ0v) is 14.9. The zero-order valence-electron chi connectivity index (χ0n) is 14.1. The van der Waals surface area contributed by atoms with Gasteiger partial charge in [-0.3, -0.25) is 9.59 Å². The van der Waals surface area contributed by atoms with Crippen LogP contribution in [0.5, 0.6) is 5.75 Å². The van der Waals surface area contributed by atoms with Crippen molar-refractivity contribution in [3.63, 3.8) is 0 Å². The predicted molar refractivity (Wildman–Crippen MR) is 95.5 cm³/mol. The highest BCUT2D eigenvalue weighted by atomic mass is 32.1. The molecule has 0 bridgehead atoms. The summed E-state index contributed by atoms with van der Waals surface area (Å²) < 4.78 is 28.9. The van der Waals surface area contributed by atoms with Crippen LogP contribution >= 0.6 is 11.3 Å². The molecule has 1 heterocycles. The van der Waals surface area contributed by atoms with Crippen molar-refractivity contribution in [1.29, 1.82) is 0 Å². The summed E-state index contributed by atoms with van der Waals surface area (Å²) in [6, 6.07) is 7.98. The number of alkyl halides is 2. The number of rotatable bonds is 9. The monoisotopic (exact) mass is 383 g/mol. The lowest BCUT2D eigenvalue weighted by Gasteiger charge is -2.17. The van der Waals surface area contributed by atoms with Crippen molar-refractivity contribution in [2.24, 2.45) is 5.73 Å².